The number of allylic oxidation sites excluding steroid dienone is 2. The van der Waals surface area contributed by atoms with Crippen molar-refractivity contribution in [2.45, 2.75) is 47.5 Å². The summed E-state index contributed by atoms with van der Waals surface area (Å²) in [6, 6.07) is 0. The summed E-state index contributed by atoms with van der Waals surface area (Å²) in [5, 5.41) is 0. The first-order valence-electron chi connectivity index (χ1n) is 4.69. The monoisotopic (exact) mass is 190 g/mol. The maximum Gasteiger partial charge on any atom is 0.258 e. The van der Waals surface area contributed by atoms with Crippen LogP contribution in [0.5, 0.6) is 0 Å². The third kappa shape index (κ3) is 2.09. The molecule has 0 saturated carbocycles. The molecule has 0 aromatic rings. The SMILES string of the molecule is CC=C(C)C(C)(C)C(F)(F)C(C)C. The van der Waals surface area contributed by atoms with E-state index in [1.807, 2.05) is 0 Å². The molecule has 0 aliphatic carbocycles. The van der Waals surface area contributed by atoms with Crippen molar-refractivity contribution in [1.29, 1.82) is 0 Å². The second-order valence-electron chi connectivity index (χ2n) is 4.37. The van der Waals surface area contributed by atoms with Gasteiger partial charge in [-0.2, -0.15) is 0 Å². The average molecular weight is 190 g/mol. The highest BCUT2D eigenvalue weighted by Crippen LogP contribution is 2.46. The second-order valence-corrected chi connectivity index (χ2v) is 4.37. The lowest BCUT2D eigenvalue weighted by atomic mass is 9.74. The summed E-state index contributed by atoms with van der Waals surface area (Å²) in [6.45, 7) is 9.88. The van der Waals surface area contributed by atoms with E-state index in [1.165, 1.54) is 0 Å². The molecule has 0 radical (unpaired) electrons. The Kier molecular flexibility index (Phi) is 3.65. The van der Waals surface area contributed by atoms with E-state index >= 15 is 0 Å². The van der Waals surface area contributed by atoms with Gasteiger partial charge in [-0.05, 0) is 13.8 Å². The van der Waals surface area contributed by atoms with E-state index in [4.69, 9.17) is 0 Å². The van der Waals surface area contributed by atoms with Crippen LogP contribution in [0.25, 0.3) is 0 Å². The van der Waals surface area contributed by atoms with Gasteiger partial charge < -0.3 is 0 Å². The van der Waals surface area contributed by atoms with Crippen LogP contribution in [0.1, 0.15) is 41.5 Å². The smallest absolute Gasteiger partial charge is 0.206 e. The highest BCUT2D eigenvalue weighted by atomic mass is 19.3. The molecule has 0 bridgehead atoms. The zero-order valence-corrected chi connectivity index (χ0v) is 9.41. The normalized spacial score (nSPS) is 15.3. The Morgan fingerprint density at radius 3 is 1.85 bits per heavy atom. The number of alkyl halides is 2. The van der Waals surface area contributed by atoms with Crippen LogP contribution in [-0.4, -0.2) is 5.92 Å². The lowest BCUT2D eigenvalue weighted by Gasteiger charge is -2.37. The first-order chi connectivity index (χ1) is 5.67. The van der Waals surface area contributed by atoms with Gasteiger partial charge >= 0.3 is 0 Å². The maximum absolute atomic E-state index is 13.7. The number of halogens is 2. The minimum atomic E-state index is -2.65. The Morgan fingerprint density at radius 1 is 1.23 bits per heavy atom. The zero-order chi connectivity index (χ0) is 10.9. The topological polar surface area (TPSA) is 0 Å². The van der Waals surface area contributed by atoms with Gasteiger partial charge in [0.25, 0.3) is 5.92 Å². The van der Waals surface area contributed by atoms with Gasteiger partial charge in [0.2, 0.25) is 0 Å². The molecule has 78 valence electrons. The molecule has 0 amide bonds. The molecule has 2 heteroatoms. The van der Waals surface area contributed by atoms with E-state index < -0.39 is 17.3 Å². The van der Waals surface area contributed by atoms with Gasteiger partial charge in [0, 0.05) is 11.3 Å². The van der Waals surface area contributed by atoms with E-state index in [9.17, 15) is 8.78 Å². The molecule has 0 aliphatic rings. The number of rotatable bonds is 3. The number of hydrogen-bond donors (Lipinski definition) is 0. The van der Waals surface area contributed by atoms with Gasteiger partial charge in [0.15, 0.2) is 0 Å². The van der Waals surface area contributed by atoms with Crippen molar-refractivity contribution >= 4 is 0 Å². The summed E-state index contributed by atoms with van der Waals surface area (Å²) in [7, 11) is 0. The van der Waals surface area contributed by atoms with Crippen LogP contribution in [0, 0.1) is 11.3 Å². The molecular formula is C11H20F2. The largest absolute Gasteiger partial charge is 0.258 e. The third-order valence-corrected chi connectivity index (χ3v) is 2.98. The lowest BCUT2D eigenvalue weighted by Crippen LogP contribution is -2.41. The lowest BCUT2D eigenvalue weighted by molar-refractivity contribution is -0.124. The van der Waals surface area contributed by atoms with Crippen molar-refractivity contribution in [2.24, 2.45) is 11.3 Å². The summed E-state index contributed by atoms with van der Waals surface area (Å²) >= 11 is 0. The fourth-order valence-corrected chi connectivity index (χ4v) is 1.35. The fraction of sp³-hybridized carbons (Fsp3) is 0.818. The van der Waals surface area contributed by atoms with Crippen molar-refractivity contribution < 1.29 is 8.78 Å². The Balaban J connectivity index is 5.03. The molecule has 0 fully saturated rings. The third-order valence-electron chi connectivity index (χ3n) is 2.98. The average Bonchev–Trinajstić information content (AvgIpc) is 2.02. The maximum atomic E-state index is 13.7. The van der Waals surface area contributed by atoms with Gasteiger partial charge in [-0.15, -0.1) is 0 Å². The molecular weight excluding hydrogens is 170 g/mol. The van der Waals surface area contributed by atoms with E-state index in [0.717, 1.165) is 5.57 Å². The van der Waals surface area contributed by atoms with Crippen LogP contribution in [0.15, 0.2) is 11.6 Å². The molecule has 0 aromatic heterocycles. The predicted octanol–water partition coefficient (Wildman–Crippen LogP) is 4.27. The minimum Gasteiger partial charge on any atom is -0.206 e. The summed E-state index contributed by atoms with van der Waals surface area (Å²) in [5.41, 5.74) is -0.304. The van der Waals surface area contributed by atoms with Crippen molar-refractivity contribution in [2.75, 3.05) is 0 Å². The standard InChI is InChI=1S/C11H20F2/c1-7-9(4)10(5,6)11(12,13)8(2)3/h7-8H,1-6H3. The van der Waals surface area contributed by atoms with Crippen molar-refractivity contribution in [3.05, 3.63) is 11.6 Å². The van der Waals surface area contributed by atoms with E-state index in [0.29, 0.717) is 0 Å². The summed E-state index contributed by atoms with van der Waals surface area (Å²) < 4.78 is 27.4. The van der Waals surface area contributed by atoms with Gasteiger partial charge in [0.1, 0.15) is 0 Å². The Hall–Kier alpha value is -0.400. The molecule has 0 rings (SSSR count). The van der Waals surface area contributed by atoms with Crippen molar-refractivity contribution in [3.8, 4) is 0 Å². The zero-order valence-electron chi connectivity index (χ0n) is 9.41. The number of hydrogen-bond acceptors (Lipinski definition) is 0. The molecule has 0 N–H and O–H groups in total. The molecule has 0 unspecified atom stereocenters. The van der Waals surface area contributed by atoms with Gasteiger partial charge in [0.05, 0.1) is 0 Å². The molecule has 13 heavy (non-hydrogen) atoms. The molecule has 0 nitrogen and oxygen atoms in total. The van der Waals surface area contributed by atoms with Crippen LogP contribution in [0.3, 0.4) is 0 Å². The predicted molar refractivity (Wildman–Crippen MR) is 53.0 cm³/mol. The van der Waals surface area contributed by atoms with E-state index in [-0.39, 0.29) is 0 Å². The van der Waals surface area contributed by atoms with Crippen molar-refractivity contribution in [3.63, 3.8) is 0 Å². The second kappa shape index (κ2) is 3.77. The Labute approximate surface area is 80.0 Å². The van der Waals surface area contributed by atoms with Gasteiger partial charge in [-0.1, -0.05) is 39.3 Å². The molecule has 0 saturated heterocycles. The summed E-state index contributed by atoms with van der Waals surface area (Å²) in [4.78, 5) is 0. The molecule has 0 aromatic carbocycles. The van der Waals surface area contributed by atoms with Crippen LogP contribution in [-0.2, 0) is 0 Å². The highest BCUT2D eigenvalue weighted by molar-refractivity contribution is 5.13. The quantitative estimate of drug-likeness (QED) is 0.583. The fourth-order valence-electron chi connectivity index (χ4n) is 1.35. The molecule has 0 heterocycles. The van der Waals surface area contributed by atoms with Gasteiger partial charge in [-0.3, -0.25) is 0 Å². The molecule has 0 atom stereocenters. The van der Waals surface area contributed by atoms with Crippen LogP contribution >= 0.6 is 0 Å². The first kappa shape index (κ1) is 12.6. The van der Waals surface area contributed by atoms with Crippen LogP contribution in [0.4, 0.5) is 8.78 Å². The minimum absolute atomic E-state index is 0.627. The molecule has 0 aliphatic heterocycles. The molecule has 0 spiro atoms. The van der Waals surface area contributed by atoms with Crippen LogP contribution < -0.4 is 0 Å². The van der Waals surface area contributed by atoms with E-state index in [2.05, 4.69) is 0 Å². The van der Waals surface area contributed by atoms with Gasteiger partial charge in [-0.25, -0.2) is 8.78 Å². The Bertz CT molecular complexity index is 200. The van der Waals surface area contributed by atoms with Crippen molar-refractivity contribution in [1.82, 2.24) is 0 Å². The highest BCUT2D eigenvalue weighted by Gasteiger charge is 2.49. The summed E-state index contributed by atoms with van der Waals surface area (Å²) in [6.07, 6.45) is 1.76. The summed E-state index contributed by atoms with van der Waals surface area (Å²) in [5.74, 6) is -3.28. The Morgan fingerprint density at radius 2 is 1.62 bits per heavy atom. The first-order valence-corrected chi connectivity index (χ1v) is 4.69. The van der Waals surface area contributed by atoms with Crippen LogP contribution in [0.2, 0.25) is 0 Å². The van der Waals surface area contributed by atoms with E-state index in [1.54, 1.807) is 47.6 Å².